The summed E-state index contributed by atoms with van der Waals surface area (Å²) < 4.78 is 23.5. The van der Waals surface area contributed by atoms with Gasteiger partial charge in [0.25, 0.3) is 23.6 Å². The number of hydrazine groups is 2. The molecule has 430 valence electrons. The van der Waals surface area contributed by atoms with Crippen LogP contribution < -0.4 is 40.7 Å². The van der Waals surface area contributed by atoms with E-state index >= 15 is 0 Å². The molecule has 12 nitrogen and oxygen atoms in total. The third-order valence-electron chi connectivity index (χ3n) is 14.2. The monoisotopic (exact) mass is 1070 g/mol. The predicted molar refractivity (Wildman–Crippen MR) is 317 cm³/mol. The van der Waals surface area contributed by atoms with Crippen LogP contribution in [0.5, 0.6) is 23.0 Å². The van der Waals surface area contributed by atoms with Crippen molar-refractivity contribution in [2.24, 2.45) is 0 Å². The van der Waals surface area contributed by atoms with Gasteiger partial charge in [0.05, 0.1) is 26.4 Å². The summed E-state index contributed by atoms with van der Waals surface area (Å²) in [5.41, 5.74) is 11.6. The van der Waals surface area contributed by atoms with E-state index in [0.29, 0.717) is 60.2 Å². The summed E-state index contributed by atoms with van der Waals surface area (Å²) in [5, 5.41) is 0. The first-order chi connectivity index (χ1) is 38.4. The summed E-state index contributed by atoms with van der Waals surface area (Å²) in [5.74, 6) is 1.08. The van der Waals surface area contributed by atoms with E-state index < -0.39 is 23.6 Å². The molecule has 0 bridgehead atoms. The molecule has 0 saturated heterocycles. The van der Waals surface area contributed by atoms with Gasteiger partial charge >= 0.3 is 0 Å². The van der Waals surface area contributed by atoms with Gasteiger partial charge in [-0.3, -0.25) is 40.9 Å². The number of ether oxygens (including phenoxy) is 4. The fourth-order valence-electron chi connectivity index (χ4n) is 9.24. The standard InChI is InChI=1S/C66H98N4O8/c1-3-5-7-9-11-13-15-17-19-21-23-25-27-31-51-75-59-43-35-55(36-44-59)63(71)67-69-65(73)57-39-47-61(48-40-57)77-53-33-29-30-34-54-78-62-49-41-58(42-50-62)66(74)70-68-64(72)56-37-45-60(46-38-56)76-52-32-28-26-24-22-20-18-16-14-12-10-8-6-4-2/h35-50H,3-34,51-54H2,1-2H3,(H,67,71)(H,68,72)(H,69,73)(H,70,74). The van der Waals surface area contributed by atoms with Crippen molar-refractivity contribution in [2.75, 3.05) is 26.4 Å². The molecular weight excluding hydrogens is 977 g/mol. The molecule has 0 saturated carbocycles. The van der Waals surface area contributed by atoms with E-state index in [1.165, 1.54) is 154 Å². The van der Waals surface area contributed by atoms with Crippen LogP contribution in [0.25, 0.3) is 0 Å². The van der Waals surface area contributed by atoms with Crippen LogP contribution in [-0.2, 0) is 0 Å². The van der Waals surface area contributed by atoms with Crippen molar-refractivity contribution < 1.29 is 38.1 Å². The van der Waals surface area contributed by atoms with Crippen LogP contribution in [-0.4, -0.2) is 50.1 Å². The summed E-state index contributed by atoms with van der Waals surface area (Å²) in [6, 6.07) is 27.5. The first kappa shape index (κ1) is 64.5. The molecule has 78 heavy (non-hydrogen) atoms. The number of hydrogen-bond acceptors (Lipinski definition) is 8. The zero-order chi connectivity index (χ0) is 55.4. The highest BCUT2D eigenvalue weighted by Gasteiger charge is 2.12. The molecule has 0 aliphatic rings. The SMILES string of the molecule is CCCCCCCCCCCCCCCCOc1ccc(C(=O)NNC(=O)c2ccc(OCCCCCCOc3ccc(C(=O)NNC(=O)c4ccc(OCCCCCCCCCCCCCCCC)cc4)cc3)cc2)cc1. The summed E-state index contributed by atoms with van der Waals surface area (Å²) in [7, 11) is 0. The molecular formula is C66H98N4O8. The van der Waals surface area contributed by atoms with E-state index in [1.807, 2.05) is 0 Å². The van der Waals surface area contributed by atoms with Crippen LogP contribution in [0.4, 0.5) is 0 Å². The highest BCUT2D eigenvalue weighted by atomic mass is 16.5. The maximum atomic E-state index is 12.7. The fraction of sp³-hybridized carbons (Fsp3) is 0.576. The van der Waals surface area contributed by atoms with Gasteiger partial charge < -0.3 is 18.9 Å². The second-order valence-electron chi connectivity index (χ2n) is 20.9. The summed E-state index contributed by atoms with van der Waals surface area (Å²) in [6.07, 6.45) is 40.6. The van der Waals surface area contributed by atoms with Gasteiger partial charge in [-0.05, 0) is 136 Å². The lowest BCUT2D eigenvalue weighted by Crippen LogP contribution is -2.41. The van der Waals surface area contributed by atoms with Crippen molar-refractivity contribution in [3.8, 4) is 23.0 Å². The third-order valence-corrected chi connectivity index (χ3v) is 14.2. The Balaban J connectivity index is 0.945. The van der Waals surface area contributed by atoms with Gasteiger partial charge in [-0.2, -0.15) is 0 Å². The molecule has 12 heteroatoms. The van der Waals surface area contributed by atoms with Crippen LogP contribution >= 0.6 is 0 Å². The van der Waals surface area contributed by atoms with Crippen LogP contribution in [0.15, 0.2) is 97.1 Å². The molecule has 4 aromatic rings. The Morgan fingerprint density at radius 2 is 0.397 bits per heavy atom. The minimum absolute atomic E-state index is 0.394. The molecule has 0 atom stereocenters. The molecule has 4 aromatic carbocycles. The van der Waals surface area contributed by atoms with E-state index in [4.69, 9.17) is 18.9 Å². The lowest BCUT2D eigenvalue weighted by molar-refractivity contribution is 0.0846. The molecule has 4 N–H and O–H groups in total. The molecule has 0 aliphatic heterocycles. The Morgan fingerprint density at radius 1 is 0.244 bits per heavy atom. The van der Waals surface area contributed by atoms with Crippen LogP contribution in [0, 0.1) is 0 Å². The number of unbranched alkanes of at least 4 members (excludes halogenated alkanes) is 29. The summed E-state index contributed by atoms with van der Waals surface area (Å²) in [4.78, 5) is 50.8. The molecule has 0 spiro atoms. The molecule has 4 rings (SSSR count). The number of amides is 4. The molecule has 0 aliphatic carbocycles. The Hall–Kier alpha value is -6.04. The zero-order valence-electron chi connectivity index (χ0n) is 48.0. The van der Waals surface area contributed by atoms with Crippen molar-refractivity contribution in [3.63, 3.8) is 0 Å². The highest BCUT2D eigenvalue weighted by molar-refractivity contribution is 6.00. The smallest absolute Gasteiger partial charge is 0.269 e. The molecule has 0 fully saturated rings. The number of carbonyl (C=O) groups excluding carboxylic acids is 4. The number of nitrogens with one attached hydrogen (secondary N) is 4. The lowest BCUT2D eigenvalue weighted by Gasteiger charge is -2.10. The Morgan fingerprint density at radius 3 is 0.564 bits per heavy atom. The minimum atomic E-state index is -0.430. The zero-order valence-corrected chi connectivity index (χ0v) is 48.0. The Kier molecular flexibility index (Phi) is 35.5. The number of hydrogen-bond donors (Lipinski definition) is 4. The Labute approximate surface area is 469 Å². The van der Waals surface area contributed by atoms with Crippen molar-refractivity contribution in [3.05, 3.63) is 119 Å². The maximum Gasteiger partial charge on any atom is 0.269 e. The van der Waals surface area contributed by atoms with Crippen molar-refractivity contribution >= 4 is 23.6 Å². The first-order valence-electron chi connectivity index (χ1n) is 30.5. The molecule has 0 heterocycles. The minimum Gasteiger partial charge on any atom is -0.494 e. The van der Waals surface area contributed by atoms with Gasteiger partial charge in [0.15, 0.2) is 0 Å². The van der Waals surface area contributed by atoms with Gasteiger partial charge in [-0.1, -0.05) is 181 Å². The van der Waals surface area contributed by atoms with E-state index in [-0.39, 0.29) is 0 Å². The van der Waals surface area contributed by atoms with Crippen LogP contribution in [0.1, 0.15) is 261 Å². The van der Waals surface area contributed by atoms with E-state index in [9.17, 15) is 19.2 Å². The second-order valence-corrected chi connectivity index (χ2v) is 20.9. The topological polar surface area (TPSA) is 153 Å². The number of benzene rings is 4. The molecule has 0 radical (unpaired) electrons. The van der Waals surface area contributed by atoms with Gasteiger partial charge in [0.2, 0.25) is 0 Å². The summed E-state index contributed by atoms with van der Waals surface area (Å²) in [6.45, 7) is 6.93. The highest BCUT2D eigenvalue weighted by Crippen LogP contribution is 2.19. The first-order valence-corrected chi connectivity index (χ1v) is 30.5. The molecule has 0 unspecified atom stereocenters. The normalized spacial score (nSPS) is 10.9. The lowest BCUT2D eigenvalue weighted by atomic mass is 10.0. The predicted octanol–water partition coefficient (Wildman–Crippen LogP) is 16.6. The van der Waals surface area contributed by atoms with Gasteiger partial charge in [-0.15, -0.1) is 0 Å². The average Bonchev–Trinajstić information content (AvgIpc) is 3.47. The van der Waals surface area contributed by atoms with E-state index in [2.05, 4.69) is 35.6 Å². The Bertz CT molecular complexity index is 2010. The second kappa shape index (κ2) is 42.9. The summed E-state index contributed by atoms with van der Waals surface area (Å²) >= 11 is 0. The van der Waals surface area contributed by atoms with Gasteiger partial charge in [0, 0.05) is 22.3 Å². The fourth-order valence-corrected chi connectivity index (χ4v) is 9.24. The molecule has 0 aromatic heterocycles. The van der Waals surface area contributed by atoms with Gasteiger partial charge in [-0.25, -0.2) is 0 Å². The molecule has 4 amide bonds. The van der Waals surface area contributed by atoms with Crippen LogP contribution in [0.3, 0.4) is 0 Å². The largest absolute Gasteiger partial charge is 0.494 e. The van der Waals surface area contributed by atoms with Gasteiger partial charge in [0.1, 0.15) is 23.0 Å². The average molecular weight is 1080 g/mol. The maximum absolute atomic E-state index is 12.7. The number of carbonyl (C=O) groups is 4. The van der Waals surface area contributed by atoms with E-state index in [1.54, 1.807) is 97.1 Å². The van der Waals surface area contributed by atoms with Crippen molar-refractivity contribution in [1.29, 1.82) is 0 Å². The van der Waals surface area contributed by atoms with Crippen molar-refractivity contribution in [1.82, 2.24) is 21.7 Å². The van der Waals surface area contributed by atoms with Crippen molar-refractivity contribution in [2.45, 2.75) is 219 Å². The van der Waals surface area contributed by atoms with E-state index in [0.717, 1.165) is 62.9 Å². The third kappa shape index (κ3) is 30.2. The van der Waals surface area contributed by atoms with Crippen LogP contribution in [0.2, 0.25) is 0 Å². The quantitative estimate of drug-likeness (QED) is 0.0252. The number of rotatable bonds is 45.